The van der Waals surface area contributed by atoms with Crippen LogP contribution in [0.1, 0.15) is 52.7 Å². The lowest BCUT2D eigenvalue weighted by Crippen LogP contribution is -2.64. The minimum absolute atomic E-state index is 0.0564. The molecule has 0 aliphatic carbocycles. The molecule has 0 aromatic heterocycles. The van der Waals surface area contributed by atoms with Crippen LogP contribution in [0.4, 0.5) is 4.79 Å². The van der Waals surface area contributed by atoms with Crippen molar-refractivity contribution in [2.75, 3.05) is 7.11 Å². The maximum atomic E-state index is 12.6. The average Bonchev–Trinajstić information content (AvgIpc) is 2.84. The molecule has 14 heteroatoms. The van der Waals surface area contributed by atoms with Crippen molar-refractivity contribution in [1.29, 1.82) is 0 Å². The lowest BCUT2D eigenvalue weighted by Gasteiger charge is -2.43. The fourth-order valence-corrected chi connectivity index (χ4v) is 3.73. The van der Waals surface area contributed by atoms with Crippen molar-refractivity contribution < 1.29 is 62.2 Å². The third kappa shape index (κ3) is 9.38. The molecule has 1 aliphatic rings. The number of esters is 4. The van der Waals surface area contributed by atoms with Gasteiger partial charge in [0.2, 0.25) is 12.4 Å². The summed E-state index contributed by atoms with van der Waals surface area (Å²) in [6.45, 7) is 7.85. The van der Waals surface area contributed by atoms with E-state index in [1.165, 1.54) is 6.07 Å². The number of rotatable bonds is 9. The first kappa shape index (κ1) is 32.3. The molecular formula is C26H35NO13. The number of methoxy groups -OCH3 is 1. The minimum Gasteiger partial charge on any atom is -0.467 e. The van der Waals surface area contributed by atoms with Crippen LogP contribution in [0.3, 0.4) is 0 Å². The molecule has 0 bridgehead atoms. The molecular weight excluding hydrogens is 534 g/mol. The number of alkyl carbamates (subject to hydrolysis) is 1. The molecule has 5 atom stereocenters. The lowest BCUT2D eigenvalue weighted by molar-refractivity contribution is -0.282. The number of nitrogens with one attached hydrogen (secondary N) is 1. The normalized spacial score (nSPS) is 22.4. The van der Waals surface area contributed by atoms with Gasteiger partial charge in [0, 0.05) is 32.9 Å². The van der Waals surface area contributed by atoms with Crippen LogP contribution in [0.15, 0.2) is 18.2 Å². The summed E-state index contributed by atoms with van der Waals surface area (Å²) in [5.74, 6) is -3.44. The fraction of sp³-hybridized carbons (Fsp3) is 0.577. The van der Waals surface area contributed by atoms with Gasteiger partial charge in [0.05, 0.1) is 13.7 Å². The molecule has 1 heterocycles. The van der Waals surface area contributed by atoms with E-state index in [0.29, 0.717) is 11.1 Å². The first-order valence-corrected chi connectivity index (χ1v) is 12.3. The molecule has 1 aliphatic heterocycles. The Kier molecular flexibility index (Phi) is 11.3. The lowest BCUT2D eigenvalue weighted by atomic mass is 9.97. The predicted octanol–water partition coefficient (Wildman–Crippen LogP) is 1.28. The van der Waals surface area contributed by atoms with Crippen molar-refractivity contribution in [2.45, 2.75) is 91.0 Å². The highest BCUT2D eigenvalue weighted by atomic mass is 16.7. The summed E-state index contributed by atoms with van der Waals surface area (Å²) in [5.41, 5.74) is 0.0495. The molecule has 0 unspecified atom stereocenters. The Bertz CT molecular complexity index is 1100. The van der Waals surface area contributed by atoms with Gasteiger partial charge in [-0.15, -0.1) is 0 Å². The van der Waals surface area contributed by atoms with Crippen LogP contribution in [-0.4, -0.2) is 78.5 Å². The van der Waals surface area contributed by atoms with Crippen molar-refractivity contribution in [3.05, 3.63) is 29.3 Å². The van der Waals surface area contributed by atoms with Gasteiger partial charge in [-0.2, -0.15) is 0 Å². The number of hydrogen-bond donors (Lipinski definition) is 2. The SMILES string of the molecule is COC(=O)[C@H]1O[C@@H](Oc2cc(CO)ccc2CNC(=O)OC(C)(C)C)[C@H](OC(C)=O)[C@@H](OC(C)=O)[C@@H]1OC(C)=O. The van der Waals surface area contributed by atoms with Crippen molar-refractivity contribution in [3.63, 3.8) is 0 Å². The zero-order valence-electron chi connectivity index (χ0n) is 23.4. The number of ether oxygens (including phenoxy) is 7. The van der Waals surface area contributed by atoms with E-state index in [4.69, 9.17) is 33.2 Å². The van der Waals surface area contributed by atoms with Crippen molar-refractivity contribution in [2.24, 2.45) is 0 Å². The standard InChI is InChI=1S/C26H35NO13/c1-13(29)35-19-20(36-14(2)30)22(37-15(3)31)24(39-21(19)23(32)34-7)38-18-10-16(12-28)8-9-17(18)11-27-25(33)40-26(4,5)6/h8-10,19-22,24,28H,11-12H2,1-7H3,(H,27,33)/t19-,20-,21-,22+,24+/m0/s1. The van der Waals surface area contributed by atoms with Gasteiger partial charge in [-0.1, -0.05) is 12.1 Å². The molecule has 1 amide bonds. The van der Waals surface area contributed by atoms with Gasteiger partial charge >= 0.3 is 30.0 Å². The molecule has 14 nitrogen and oxygen atoms in total. The van der Waals surface area contributed by atoms with E-state index in [-0.39, 0.29) is 18.9 Å². The third-order valence-electron chi connectivity index (χ3n) is 5.21. The van der Waals surface area contributed by atoms with Crippen molar-refractivity contribution in [3.8, 4) is 5.75 Å². The van der Waals surface area contributed by atoms with E-state index in [1.54, 1.807) is 32.9 Å². The number of aliphatic hydroxyl groups is 1. The average molecular weight is 570 g/mol. The molecule has 1 aromatic carbocycles. The Morgan fingerprint density at radius 1 is 0.925 bits per heavy atom. The highest BCUT2D eigenvalue weighted by Gasteiger charge is 2.56. The van der Waals surface area contributed by atoms with Gasteiger partial charge < -0.3 is 43.6 Å². The summed E-state index contributed by atoms with van der Waals surface area (Å²) >= 11 is 0. The Balaban J connectivity index is 2.52. The number of amides is 1. The van der Waals surface area contributed by atoms with Crippen molar-refractivity contribution in [1.82, 2.24) is 5.32 Å². The van der Waals surface area contributed by atoms with Crippen LogP contribution in [0.25, 0.3) is 0 Å². The minimum atomic E-state index is -1.65. The van der Waals surface area contributed by atoms with Crippen molar-refractivity contribution >= 4 is 30.0 Å². The van der Waals surface area contributed by atoms with Gasteiger partial charge in [-0.05, 0) is 32.4 Å². The summed E-state index contributed by atoms with van der Waals surface area (Å²) in [4.78, 5) is 60.7. The predicted molar refractivity (Wildman–Crippen MR) is 133 cm³/mol. The van der Waals surface area contributed by atoms with Crippen LogP contribution in [-0.2, 0) is 60.8 Å². The zero-order valence-corrected chi connectivity index (χ0v) is 23.4. The second kappa shape index (κ2) is 13.9. The quantitative estimate of drug-likeness (QED) is 0.321. The maximum absolute atomic E-state index is 12.6. The fourth-order valence-electron chi connectivity index (χ4n) is 3.73. The number of carbonyl (C=O) groups excluding carboxylic acids is 5. The number of benzene rings is 1. The molecule has 0 saturated carbocycles. The van der Waals surface area contributed by atoms with Gasteiger partial charge in [0.15, 0.2) is 18.3 Å². The summed E-state index contributed by atoms with van der Waals surface area (Å²) < 4.78 is 37.8. The molecule has 1 saturated heterocycles. The van der Waals surface area contributed by atoms with Crippen LogP contribution in [0.5, 0.6) is 5.75 Å². The molecule has 0 radical (unpaired) electrons. The highest BCUT2D eigenvalue weighted by molar-refractivity contribution is 5.77. The van der Waals surface area contributed by atoms with E-state index >= 15 is 0 Å². The number of hydrogen-bond acceptors (Lipinski definition) is 13. The first-order valence-electron chi connectivity index (χ1n) is 12.3. The topological polar surface area (TPSA) is 182 Å². The first-order chi connectivity index (χ1) is 18.6. The van der Waals surface area contributed by atoms with Crippen LogP contribution in [0, 0.1) is 0 Å². The van der Waals surface area contributed by atoms with Crippen LogP contribution >= 0.6 is 0 Å². The van der Waals surface area contributed by atoms with Gasteiger partial charge in [0.1, 0.15) is 11.4 Å². The van der Waals surface area contributed by atoms with E-state index in [2.05, 4.69) is 5.32 Å². The second-order valence-corrected chi connectivity index (χ2v) is 9.74. The Morgan fingerprint density at radius 2 is 1.50 bits per heavy atom. The molecule has 1 aromatic rings. The van der Waals surface area contributed by atoms with Crippen LogP contribution in [0.2, 0.25) is 0 Å². The summed E-state index contributed by atoms with van der Waals surface area (Å²) in [6.07, 6.45) is -8.61. The summed E-state index contributed by atoms with van der Waals surface area (Å²) in [5, 5.41) is 12.3. The smallest absolute Gasteiger partial charge is 0.407 e. The van der Waals surface area contributed by atoms with Gasteiger partial charge in [0.25, 0.3) is 0 Å². The maximum Gasteiger partial charge on any atom is 0.407 e. The Labute approximate surface area is 231 Å². The molecule has 2 rings (SSSR count). The Morgan fingerprint density at radius 3 is 2.02 bits per heavy atom. The van der Waals surface area contributed by atoms with E-state index < -0.39 is 66.3 Å². The molecule has 40 heavy (non-hydrogen) atoms. The molecule has 2 N–H and O–H groups in total. The van der Waals surface area contributed by atoms with Gasteiger partial charge in [-0.25, -0.2) is 9.59 Å². The van der Waals surface area contributed by atoms with E-state index in [1.807, 2.05) is 0 Å². The van der Waals surface area contributed by atoms with E-state index in [0.717, 1.165) is 27.9 Å². The number of aliphatic hydroxyl groups excluding tert-OH is 1. The summed E-state index contributed by atoms with van der Waals surface area (Å²) in [7, 11) is 1.07. The second-order valence-electron chi connectivity index (χ2n) is 9.74. The summed E-state index contributed by atoms with van der Waals surface area (Å²) in [6, 6.07) is 4.58. The monoisotopic (exact) mass is 569 g/mol. The molecule has 222 valence electrons. The zero-order chi connectivity index (χ0) is 30.2. The number of carbonyl (C=O) groups is 5. The highest BCUT2D eigenvalue weighted by Crippen LogP contribution is 2.32. The van der Waals surface area contributed by atoms with Crippen LogP contribution < -0.4 is 10.1 Å². The van der Waals surface area contributed by atoms with Gasteiger partial charge in [-0.3, -0.25) is 14.4 Å². The third-order valence-corrected chi connectivity index (χ3v) is 5.21. The van der Waals surface area contributed by atoms with E-state index in [9.17, 15) is 29.1 Å². The Hall–Kier alpha value is -3.91. The largest absolute Gasteiger partial charge is 0.467 e. The molecule has 0 spiro atoms. The molecule has 1 fully saturated rings.